The maximum atomic E-state index is 12.1. The molecule has 7 heteroatoms. The summed E-state index contributed by atoms with van der Waals surface area (Å²) in [5, 5.41) is 7.25. The minimum atomic E-state index is -0.412. The third kappa shape index (κ3) is 2.84. The van der Waals surface area contributed by atoms with Crippen LogP contribution in [-0.4, -0.2) is 11.2 Å². The van der Waals surface area contributed by atoms with Crippen molar-refractivity contribution in [3.63, 3.8) is 0 Å². The summed E-state index contributed by atoms with van der Waals surface area (Å²) in [6.45, 7) is 0. The normalized spacial score (nSPS) is 11.3. The lowest BCUT2D eigenvalue weighted by Gasteiger charge is -1.99. The monoisotopic (exact) mass is 337 g/mol. The molecule has 0 spiro atoms. The zero-order chi connectivity index (χ0) is 16.4. The summed E-state index contributed by atoms with van der Waals surface area (Å²) in [7, 11) is 0. The molecular weight excluding hydrogens is 326 g/mol. The smallest absolute Gasteiger partial charge is 0.345 e. The van der Waals surface area contributed by atoms with Gasteiger partial charge in [-0.05, 0) is 24.3 Å². The van der Waals surface area contributed by atoms with Crippen molar-refractivity contribution in [3.05, 3.63) is 70.3 Å². The molecule has 3 aromatic heterocycles. The van der Waals surface area contributed by atoms with Crippen LogP contribution in [0.25, 0.3) is 22.2 Å². The highest BCUT2D eigenvalue weighted by atomic mass is 32.1. The van der Waals surface area contributed by atoms with Gasteiger partial charge in [0, 0.05) is 10.8 Å². The van der Waals surface area contributed by atoms with Crippen LogP contribution in [0, 0.1) is 0 Å². The number of rotatable bonds is 4. The Morgan fingerprint density at radius 2 is 2.12 bits per heavy atom. The third-order valence-corrected chi connectivity index (χ3v) is 4.06. The van der Waals surface area contributed by atoms with Gasteiger partial charge >= 0.3 is 5.63 Å². The molecule has 1 N–H and O–H groups in total. The van der Waals surface area contributed by atoms with Crippen molar-refractivity contribution in [1.29, 1.82) is 0 Å². The number of hydrogen-bond donors (Lipinski definition) is 1. The molecule has 6 nitrogen and oxygen atoms in total. The number of nitrogens with zero attached hydrogens (tertiary/aromatic N) is 2. The standard InChI is InChI=1S/C17H11N3O3S/c21-16-13(8-11-4-1-2-6-15(11)23-16)14-10-24-17(19-14)20-18-9-12-5-3-7-22-12/h1-10H,(H,19,20)/b18-9-. The van der Waals surface area contributed by atoms with Crippen LogP contribution >= 0.6 is 11.3 Å². The molecule has 0 atom stereocenters. The molecule has 4 rings (SSSR count). The van der Waals surface area contributed by atoms with E-state index in [-0.39, 0.29) is 0 Å². The lowest BCUT2D eigenvalue weighted by molar-refractivity contribution is 0.560. The van der Waals surface area contributed by atoms with Crippen molar-refractivity contribution in [2.45, 2.75) is 0 Å². The van der Waals surface area contributed by atoms with Crippen molar-refractivity contribution in [2.24, 2.45) is 5.10 Å². The van der Waals surface area contributed by atoms with Gasteiger partial charge in [-0.3, -0.25) is 5.43 Å². The number of hydrazone groups is 1. The first kappa shape index (κ1) is 14.4. The second kappa shape index (κ2) is 6.13. The molecule has 0 aliphatic carbocycles. The van der Waals surface area contributed by atoms with E-state index in [9.17, 15) is 4.79 Å². The summed E-state index contributed by atoms with van der Waals surface area (Å²) in [5.41, 5.74) is 3.93. The third-order valence-electron chi connectivity index (χ3n) is 3.32. The van der Waals surface area contributed by atoms with Crippen molar-refractivity contribution < 1.29 is 8.83 Å². The Labute approximate surface area is 140 Å². The van der Waals surface area contributed by atoms with Gasteiger partial charge in [-0.15, -0.1) is 11.3 Å². The van der Waals surface area contributed by atoms with E-state index in [1.807, 2.05) is 18.2 Å². The highest BCUT2D eigenvalue weighted by Crippen LogP contribution is 2.25. The van der Waals surface area contributed by atoms with Crippen molar-refractivity contribution >= 4 is 33.7 Å². The largest absolute Gasteiger partial charge is 0.463 e. The molecule has 0 unspecified atom stereocenters. The second-order valence-electron chi connectivity index (χ2n) is 4.91. The van der Waals surface area contributed by atoms with Gasteiger partial charge in [0.05, 0.1) is 23.7 Å². The molecule has 118 valence electrons. The first-order valence-electron chi connectivity index (χ1n) is 7.11. The van der Waals surface area contributed by atoms with Crippen LogP contribution < -0.4 is 11.1 Å². The van der Waals surface area contributed by atoms with Crippen molar-refractivity contribution in [3.8, 4) is 11.3 Å². The molecule has 0 amide bonds. The summed E-state index contributed by atoms with van der Waals surface area (Å²) < 4.78 is 10.5. The number of fused-ring (bicyclic) bond motifs is 1. The Bertz CT molecular complexity index is 1060. The minimum absolute atomic E-state index is 0.412. The predicted molar refractivity (Wildman–Crippen MR) is 93.5 cm³/mol. The molecule has 3 heterocycles. The molecule has 24 heavy (non-hydrogen) atoms. The number of hydrogen-bond acceptors (Lipinski definition) is 7. The van der Waals surface area contributed by atoms with Gasteiger partial charge in [-0.1, -0.05) is 18.2 Å². The number of aromatic nitrogens is 1. The molecule has 4 aromatic rings. The SMILES string of the molecule is O=c1oc2ccccc2cc1-c1csc(N/N=C\c2ccco2)n1. The number of furan rings is 1. The summed E-state index contributed by atoms with van der Waals surface area (Å²) in [5.74, 6) is 0.634. The molecule has 1 aromatic carbocycles. The Balaban J connectivity index is 1.60. The Morgan fingerprint density at radius 1 is 1.21 bits per heavy atom. The first-order valence-corrected chi connectivity index (χ1v) is 7.99. The van der Waals surface area contributed by atoms with Crippen LogP contribution in [0.2, 0.25) is 0 Å². The average molecular weight is 337 g/mol. The van der Waals surface area contributed by atoms with E-state index in [1.165, 1.54) is 11.3 Å². The number of benzene rings is 1. The topological polar surface area (TPSA) is 80.6 Å². The summed E-state index contributed by atoms with van der Waals surface area (Å²) in [6.07, 6.45) is 3.12. The average Bonchev–Trinajstić information content (AvgIpc) is 3.26. The van der Waals surface area contributed by atoms with Gasteiger partial charge in [-0.2, -0.15) is 5.10 Å². The van der Waals surface area contributed by atoms with Crippen LogP contribution in [0.4, 0.5) is 5.13 Å². The zero-order valence-corrected chi connectivity index (χ0v) is 13.1. The molecule has 0 radical (unpaired) electrons. The van der Waals surface area contributed by atoms with E-state index in [2.05, 4.69) is 15.5 Å². The number of para-hydroxylation sites is 1. The molecule has 0 fully saturated rings. The van der Waals surface area contributed by atoms with Gasteiger partial charge in [-0.25, -0.2) is 9.78 Å². The summed E-state index contributed by atoms with van der Waals surface area (Å²) in [6, 6.07) is 12.7. The van der Waals surface area contributed by atoms with E-state index < -0.39 is 5.63 Å². The van der Waals surface area contributed by atoms with E-state index in [4.69, 9.17) is 8.83 Å². The number of nitrogens with one attached hydrogen (secondary N) is 1. The lowest BCUT2D eigenvalue weighted by Crippen LogP contribution is -2.02. The predicted octanol–water partition coefficient (Wildman–Crippen LogP) is 3.96. The van der Waals surface area contributed by atoms with E-state index in [0.717, 1.165) is 5.39 Å². The summed E-state index contributed by atoms with van der Waals surface area (Å²) in [4.78, 5) is 16.5. The van der Waals surface area contributed by atoms with Gasteiger partial charge in [0.25, 0.3) is 0 Å². The van der Waals surface area contributed by atoms with Crippen molar-refractivity contribution in [1.82, 2.24) is 4.98 Å². The van der Waals surface area contributed by atoms with Gasteiger partial charge in [0.1, 0.15) is 11.3 Å². The second-order valence-corrected chi connectivity index (χ2v) is 5.77. The minimum Gasteiger partial charge on any atom is -0.463 e. The Hall–Kier alpha value is -3.19. The van der Waals surface area contributed by atoms with Crippen molar-refractivity contribution in [2.75, 3.05) is 5.43 Å². The Morgan fingerprint density at radius 3 is 3.00 bits per heavy atom. The first-order chi connectivity index (χ1) is 11.8. The fourth-order valence-corrected chi connectivity index (χ4v) is 2.86. The van der Waals surface area contributed by atoms with Crippen LogP contribution in [0.1, 0.15) is 5.76 Å². The molecule has 0 saturated heterocycles. The molecule has 0 bridgehead atoms. The zero-order valence-electron chi connectivity index (χ0n) is 12.3. The van der Waals surface area contributed by atoms with E-state index >= 15 is 0 Å². The van der Waals surface area contributed by atoms with Gasteiger partial charge in [0.15, 0.2) is 0 Å². The maximum Gasteiger partial charge on any atom is 0.345 e. The molecule has 0 aliphatic rings. The van der Waals surface area contributed by atoms with E-state index in [1.54, 1.807) is 42.1 Å². The van der Waals surface area contributed by atoms with E-state index in [0.29, 0.717) is 27.7 Å². The van der Waals surface area contributed by atoms with Crippen LogP contribution in [0.5, 0.6) is 0 Å². The highest BCUT2D eigenvalue weighted by Gasteiger charge is 2.11. The highest BCUT2D eigenvalue weighted by molar-refractivity contribution is 7.14. The van der Waals surface area contributed by atoms with Gasteiger partial charge < -0.3 is 8.83 Å². The fraction of sp³-hybridized carbons (Fsp3) is 0. The number of thiazole rings is 1. The fourth-order valence-electron chi connectivity index (χ4n) is 2.21. The number of anilines is 1. The van der Waals surface area contributed by atoms with Crippen LogP contribution in [0.3, 0.4) is 0 Å². The van der Waals surface area contributed by atoms with Crippen LogP contribution in [-0.2, 0) is 0 Å². The molecule has 0 aliphatic heterocycles. The molecular formula is C17H11N3O3S. The quantitative estimate of drug-likeness (QED) is 0.346. The van der Waals surface area contributed by atoms with Gasteiger partial charge in [0.2, 0.25) is 5.13 Å². The summed E-state index contributed by atoms with van der Waals surface area (Å²) >= 11 is 1.35. The molecule has 0 saturated carbocycles. The maximum absolute atomic E-state index is 12.1. The lowest BCUT2D eigenvalue weighted by atomic mass is 10.1. The Kier molecular flexibility index (Phi) is 3.68. The van der Waals surface area contributed by atoms with Crippen LogP contribution in [0.15, 0.2) is 72.8 Å².